The number of aryl methyl sites for hydroxylation is 1. The molecule has 0 aliphatic heterocycles. The predicted octanol–water partition coefficient (Wildman–Crippen LogP) is 3.92. The number of nitrogens with zero attached hydrogens (tertiary/aromatic N) is 1. The Morgan fingerprint density at radius 3 is 2.46 bits per heavy atom. The summed E-state index contributed by atoms with van der Waals surface area (Å²) in [6, 6.07) is 18.1. The van der Waals surface area contributed by atoms with Crippen molar-refractivity contribution in [3.8, 4) is 16.9 Å². The number of nitrogens with one attached hydrogen (secondary N) is 1. The number of hydrogen-bond donors (Lipinski definition) is 1. The highest BCUT2D eigenvalue weighted by atomic mass is 35.5. The lowest BCUT2D eigenvalue weighted by atomic mass is 10.0. The zero-order chi connectivity index (χ0) is 20.1. The number of carbonyl (C=O) groups excluding carboxylic acids is 1. The van der Waals surface area contributed by atoms with Crippen LogP contribution in [0.5, 0.6) is 5.75 Å². The maximum Gasteiger partial charge on any atom is 0.254 e. The SMILES string of the molecule is COc1cc(C)n(CCNC(=O)c2ccc(-c3cccc(Cl)c3)cc2)c(=O)c1. The molecule has 3 aromatic rings. The van der Waals surface area contributed by atoms with Crippen molar-refractivity contribution in [1.29, 1.82) is 0 Å². The molecule has 0 fully saturated rings. The van der Waals surface area contributed by atoms with Gasteiger partial charge in [0, 0.05) is 35.4 Å². The third-order valence-corrected chi connectivity index (χ3v) is 4.71. The van der Waals surface area contributed by atoms with Gasteiger partial charge in [-0.25, -0.2) is 0 Å². The second-order valence-electron chi connectivity index (χ2n) is 6.37. The number of hydrogen-bond acceptors (Lipinski definition) is 3. The minimum absolute atomic E-state index is 0.156. The fourth-order valence-electron chi connectivity index (χ4n) is 2.97. The van der Waals surface area contributed by atoms with Crippen LogP contribution < -0.4 is 15.6 Å². The number of amides is 1. The van der Waals surface area contributed by atoms with Crippen LogP contribution in [0.1, 0.15) is 16.1 Å². The van der Waals surface area contributed by atoms with Crippen molar-refractivity contribution in [2.75, 3.05) is 13.7 Å². The maximum absolute atomic E-state index is 12.4. The van der Waals surface area contributed by atoms with Crippen LogP contribution in [-0.2, 0) is 6.54 Å². The molecular formula is C22H21ClN2O3. The Morgan fingerprint density at radius 2 is 1.82 bits per heavy atom. The van der Waals surface area contributed by atoms with Gasteiger partial charge in [0.2, 0.25) is 0 Å². The molecule has 5 nitrogen and oxygen atoms in total. The maximum atomic E-state index is 12.4. The molecule has 6 heteroatoms. The van der Waals surface area contributed by atoms with Crippen LogP contribution in [0.15, 0.2) is 65.5 Å². The van der Waals surface area contributed by atoms with Gasteiger partial charge in [0.05, 0.1) is 7.11 Å². The van der Waals surface area contributed by atoms with Gasteiger partial charge < -0.3 is 14.6 Å². The minimum Gasteiger partial charge on any atom is -0.496 e. The molecule has 1 heterocycles. The van der Waals surface area contributed by atoms with Crippen LogP contribution in [-0.4, -0.2) is 24.1 Å². The highest BCUT2D eigenvalue weighted by Crippen LogP contribution is 2.23. The van der Waals surface area contributed by atoms with Gasteiger partial charge >= 0.3 is 0 Å². The Labute approximate surface area is 168 Å². The number of benzene rings is 2. The van der Waals surface area contributed by atoms with Gasteiger partial charge in [0.25, 0.3) is 11.5 Å². The van der Waals surface area contributed by atoms with E-state index in [1.807, 2.05) is 43.3 Å². The number of rotatable bonds is 6. The average molecular weight is 397 g/mol. The molecule has 0 saturated heterocycles. The molecule has 0 saturated carbocycles. The summed E-state index contributed by atoms with van der Waals surface area (Å²) in [5.74, 6) is 0.347. The molecule has 28 heavy (non-hydrogen) atoms. The van der Waals surface area contributed by atoms with E-state index in [9.17, 15) is 9.59 Å². The molecule has 0 radical (unpaired) electrons. The van der Waals surface area contributed by atoms with Gasteiger partial charge in [-0.3, -0.25) is 9.59 Å². The van der Waals surface area contributed by atoms with Gasteiger partial charge in [-0.1, -0.05) is 35.9 Å². The van der Waals surface area contributed by atoms with Crippen LogP contribution in [0.2, 0.25) is 5.02 Å². The van der Waals surface area contributed by atoms with E-state index in [1.54, 1.807) is 22.8 Å². The van der Waals surface area contributed by atoms with Crippen molar-refractivity contribution < 1.29 is 9.53 Å². The molecule has 0 aliphatic carbocycles. The summed E-state index contributed by atoms with van der Waals surface area (Å²) in [4.78, 5) is 24.5. The lowest BCUT2D eigenvalue weighted by Crippen LogP contribution is -2.31. The van der Waals surface area contributed by atoms with E-state index in [1.165, 1.54) is 13.2 Å². The molecule has 0 bridgehead atoms. The first-order chi connectivity index (χ1) is 13.5. The van der Waals surface area contributed by atoms with Crippen LogP contribution in [0, 0.1) is 6.92 Å². The summed E-state index contributed by atoms with van der Waals surface area (Å²) >= 11 is 6.03. The Morgan fingerprint density at radius 1 is 1.07 bits per heavy atom. The number of methoxy groups -OCH3 is 1. The third kappa shape index (κ3) is 4.61. The largest absolute Gasteiger partial charge is 0.496 e. The molecule has 0 spiro atoms. The van der Waals surface area contributed by atoms with Crippen LogP contribution in [0.3, 0.4) is 0 Å². The number of carbonyl (C=O) groups is 1. The van der Waals surface area contributed by atoms with Crippen molar-refractivity contribution in [2.24, 2.45) is 0 Å². The molecule has 0 unspecified atom stereocenters. The van der Waals surface area contributed by atoms with E-state index in [0.29, 0.717) is 29.4 Å². The van der Waals surface area contributed by atoms with E-state index >= 15 is 0 Å². The molecule has 1 aromatic heterocycles. The van der Waals surface area contributed by atoms with Crippen LogP contribution in [0.25, 0.3) is 11.1 Å². The summed E-state index contributed by atoms with van der Waals surface area (Å²) in [6.07, 6.45) is 0. The van der Waals surface area contributed by atoms with Gasteiger partial charge in [-0.2, -0.15) is 0 Å². The van der Waals surface area contributed by atoms with E-state index in [2.05, 4.69) is 5.32 Å². The number of halogens is 1. The molecule has 1 amide bonds. The van der Waals surface area contributed by atoms with E-state index in [4.69, 9.17) is 16.3 Å². The minimum atomic E-state index is -0.183. The molecule has 0 aliphatic rings. The Balaban J connectivity index is 1.62. The third-order valence-electron chi connectivity index (χ3n) is 4.47. The second-order valence-corrected chi connectivity index (χ2v) is 6.81. The van der Waals surface area contributed by atoms with Crippen LogP contribution in [0.4, 0.5) is 0 Å². The summed E-state index contributed by atoms with van der Waals surface area (Å²) in [5, 5.41) is 3.52. The first-order valence-corrected chi connectivity index (χ1v) is 9.25. The predicted molar refractivity (Wildman–Crippen MR) is 111 cm³/mol. The first kappa shape index (κ1) is 19.7. The van der Waals surface area contributed by atoms with E-state index in [0.717, 1.165) is 16.8 Å². The van der Waals surface area contributed by atoms with E-state index < -0.39 is 0 Å². The number of aromatic nitrogens is 1. The summed E-state index contributed by atoms with van der Waals surface area (Å²) in [6.45, 7) is 2.57. The van der Waals surface area contributed by atoms with Crippen molar-refractivity contribution in [3.63, 3.8) is 0 Å². The molecule has 3 rings (SSSR count). The topological polar surface area (TPSA) is 60.3 Å². The lowest BCUT2D eigenvalue weighted by Gasteiger charge is -2.12. The lowest BCUT2D eigenvalue weighted by molar-refractivity contribution is 0.0952. The van der Waals surface area contributed by atoms with Crippen molar-refractivity contribution >= 4 is 17.5 Å². The fraction of sp³-hybridized carbons (Fsp3) is 0.182. The summed E-state index contributed by atoms with van der Waals surface area (Å²) in [5.41, 5.74) is 3.17. The first-order valence-electron chi connectivity index (χ1n) is 8.87. The van der Waals surface area contributed by atoms with Gasteiger partial charge in [0.1, 0.15) is 5.75 Å². The second kappa shape index (κ2) is 8.76. The molecule has 144 valence electrons. The zero-order valence-electron chi connectivity index (χ0n) is 15.7. The van der Waals surface area contributed by atoms with Gasteiger partial charge in [-0.15, -0.1) is 0 Å². The smallest absolute Gasteiger partial charge is 0.254 e. The molecular weight excluding hydrogens is 376 g/mol. The number of ether oxygens (including phenoxy) is 1. The normalized spacial score (nSPS) is 10.5. The van der Waals surface area contributed by atoms with E-state index in [-0.39, 0.29) is 11.5 Å². The summed E-state index contributed by atoms with van der Waals surface area (Å²) in [7, 11) is 1.52. The van der Waals surface area contributed by atoms with Gasteiger partial charge in [-0.05, 0) is 48.4 Å². The monoisotopic (exact) mass is 396 g/mol. The Hall–Kier alpha value is -3.05. The Bertz CT molecular complexity index is 1040. The molecule has 0 atom stereocenters. The quantitative estimate of drug-likeness (QED) is 0.687. The Kier molecular flexibility index (Phi) is 6.16. The zero-order valence-corrected chi connectivity index (χ0v) is 16.5. The standard InChI is InChI=1S/C22H21ClN2O3/c1-15-12-20(28-2)14-21(26)25(15)11-10-24-22(27)17-8-6-16(7-9-17)18-4-3-5-19(23)13-18/h3-9,12-14H,10-11H2,1-2H3,(H,24,27). The van der Waals surface area contributed by atoms with Crippen molar-refractivity contribution in [3.05, 3.63) is 87.3 Å². The summed E-state index contributed by atoms with van der Waals surface area (Å²) < 4.78 is 6.69. The highest BCUT2D eigenvalue weighted by Gasteiger charge is 2.08. The van der Waals surface area contributed by atoms with Crippen molar-refractivity contribution in [1.82, 2.24) is 9.88 Å². The van der Waals surface area contributed by atoms with Crippen molar-refractivity contribution in [2.45, 2.75) is 13.5 Å². The average Bonchev–Trinajstić information content (AvgIpc) is 2.69. The van der Waals surface area contributed by atoms with Gasteiger partial charge in [0.15, 0.2) is 0 Å². The fourth-order valence-corrected chi connectivity index (χ4v) is 3.16. The van der Waals surface area contributed by atoms with Crippen LogP contribution >= 0.6 is 11.6 Å². The number of pyridine rings is 1. The molecule has 2 aromatic carbocycles. The highest BCUT2D eigenvalue weighted by molar-refractivity contribution is 6.30. The molecule has 1 N–H and O–H groups in total.